The number of carbonyl (C=O) groups excluding carboxylic acids is 1. The molecule has 0 aromatic carbocycles. The van der Waals surface area contributed by atoms with Crippen molar-refractivity contribution in [3.8, 4) is 0 Å². The SMILES string of the molecule is CCC1=C(C(F)(F)F)N2CCN(c3ncc(C(=O)NO)cn3)CC2=NC1. The van der Waals surface area contributed by atoms with Crippen LogP contribution in [-0.4, -0.2) is 64.2 Å². The van der Waals surface area contributed by atoms with E-state index in [1.165, 1.54) is 22.8 Å². The number of fused-ring (bicyclic) bond motifs is 1. The summed E-state index contributed by atoms with van der Waals surface area (Å²) < 4.78 is 40.4. The van der Waals surface area contributed by atoms with Gasteiger partial charge in [0, 0.05) is 25.5 Å². The fraction of sp³-hybridized carbons (Fsp3) is 0.467. The molecule has 2 N–H and O–H groups in total. The molecule has 1 amide bonds. The van der Waals surface area contributed by atoms with E-state index in [-0.39, 0.29) is 43.3 Å². The fourth-order valence-electron chi connectivity index (χ4n) is 2.98. The first kappa shape index (κ1) is 18.1. The maximum absolute atomic E-state index is 13.5. The van der Waals surface area contributed by atoms with E-state index in [4.69, 9.17) is 5.21 Å². The van der Waals surface area contributed by atoms with Crippen LogP contribution in [0.4, 0.5) is 19.1 Å². The molecule has 1 saturated heterocycles. The molecule has 0 spiro atoms. The van der Waals surface area contributed by atoms with Crippen LogP contribution in [0, 0.1) is 0 Å². The lowest BCUT2D eigenvalue weighted by atomic mass is 10.1. The molecule has 8 nitrogen and oxygen atoms in total. The monoisotopic (exact) mass is 370 g/mol. The largest absolute Gasteiger partial charge is 0.431 e. The summed E-state index contributed by atoms with van der Waals surface area (Å²) in [6.07, 6.45) is -1.66. The number of hydrogen-bond donors (Lipinski definition) is 2. The lowest BCUT2D eigenvalue weighted by molar-refractivity contribution is -0.107. The number of nitrogens with zero attached hydrogens (tertiary/aromatic N) is 5. The quantitative estimate of drug-likeness (QED) is 0.616. The number of aromatic nitrogens is 2. The molecule has 1 fully saturated rings. The van der Waals surface area contributed by atoms with E-state index in [2.05, 4.69) is 15.0 Å². The molecule has 3 rings (SSSR count). The summed E-state index contributed by atoms with van der Waals surface area (Å²) in [5, 5.41) is 8.58. The summed E-state index contributed by atoms with van der Waals surface area (Å²) in [4.78, 5) is 26.6. The van der Waals surface area contributed by atoms with E-state index >= 15 is 0 Å². The molecular weight excluding hydrogens is 353 g/mol. The van der Waals surface area contributed by atoms with Crippen LogP contribution < -0.4 is 10.4 Å². The molecule has 2 aliphatic rings. The molecule has 2 aliphatic heterocycles. The summed E-state index contributed by atoms with van der Waals surface area (Å²) in [5.41, 5.74) is 1.22. The number of nitrogens with one attached hydrogen (secondary N) is 1. The van der Waals surface area contributed by atoms with Gasteiger partial charge in [-0.3, -0.25) is 15.0 Å². The highest BCUT2D eigenvalue weighted by Crippen LogP contribution is 2.35. The third-order valence-corrected chi connectivity index (χ3v) is 4.27. The third kappa shape index (κ3) is 3.34. The highest BCUT2D eigenvalue weighted by molar-refractivity contribution is 5.93. The number of halogens is 3. The van der Waals surface area contributed by atoms with E-state index in [0.717, 1.165) is 0 Å². The molecule has 0 unspecified atom stereocenters. The van der Waals surface area contributed by atoms with Gasteiger partial charge in [-0.05, 0) is 12.0 Å². The first-order chi connectivity index (χ1) is 12.3. The lowest BCUT2D eigenvalue weighted by Crippen LogP contribution is -2.54. The summed E-state index contributed by atoms with van der Waals surface area (Å²) in [6, 6.07) is 0. The van der Waals surface area contributed by atoms with Gasteiger partial charge in [0.05, 0.1) is 18.7 Å². The predicted octanol–water partition coefficient (Wildman–Crippen LogP) is 1.36. The number of anilines is 1. The second-order valence-corrected chi connectivity index (χ2v) is 5.82. The molecule has 0 atom stereocenters. The van der Waals surface area contributed by atoms with Crippen LogP contribution >= 0.6 is 0 Å². The van der Waals surface area contributed by atoms with Crippen molar-refractivity contribution < 1.29 is 23.2 Å². The van der Waals surface area contributed by atoms with Crippen LogP contribution in [0.1, 0.15) is 23.7 Å². The zero-order chi connectivity index (χ0) is 18.9. The molecule has 11 heteroatoms. The van der Waals surface area contributed by atoms with Gasteiger partial charge in [-0.15, -0.1) is 0 Å². The van der Waals surface area contributed by atoms with Gasteiger partial charge in [0.25, 0.3) is 5.91 Å². The van der Waals surface area contributed by atoms with Crippen molar-refractivity contribution in [3.05, 3.63) is 29.2 Å². The number of piperazine rings is 1. The molecule has 0 aliphatic carbocycles. The van der Waals surface area contributed by atoms with Gasteiger partial charge >= 0.3 is 6.18 Å². The summed E-state index contributed by atoms with van der Waals surface area (Å²) in [6.45, 7) is 2.25. The van der Waals surface area contributed by atoms with Crippen molar-refractivity contribution in [2.75, 3.05) is 31.1 Å². The predicted molar refractivity (Wildman–Crippen MR) is 85.9 cm³/mol. The number of alkyl halides is 3. The van der Waals surface area contributed by atoms with E-state index in [1.54, 1.807) is 11.8 Å². The van der Waals surface area contributed by atoms with Gasteiger partial charge in [-0.2, -0.15) is 13.2 Å². The minimum atomic E-state index is -4.43. The normalized spacial score (nSPS) is 17.8. The van der Waals surface area contributed by atoms with Gasteiger partial charge in [0.1, 0.15) is 11.5 Å². The number of allylic oxidation sites excluding steroid dienone is 1. The van der Waals surface area contributed by atoms with Crippen molar-refractivity contribution in [1.82, 2.24) is 20.3 Å². The average Bonchev–Trinajstić information content (AvgIpc) is 2.65. The molecule has 26 heavy (non-hydrogen) atoms. The smallest absolute Gasteiger partial charge is 0.332 e. The molecule has 3 heterocycles. The number of rotatable bonds is 3. The molecule has 0 saturated carbocycles. The van der Waals surface area contributed by atoms with Gasteiger partial charge in [-0.1, -0.05) is 6.92 Å². The number of hydrogen-bond acceptors (Lipinski definition) is 7. The van der Waals surface area contributed by atoms with Gasteiger partial charge in [0.15, 0.2) is 0 Å². The highest BCUT2D eigenvalue weighted by atomic mass is 19.4. The molecule has 0 bridgehead atoms. The highest BCUT2D eigenvalue weighted by Gasteiger charge is 2.44. The number of aliphatic imine (C=N–C) groups is 1. The Labute approximate surface area is 147 Å². The van der Waals surface area contributed by atoms with Crippen molar-refractivity contribution in [1.29, 1.82) is 0 Å². The maximum atomic E-state index is 13.5. The van der Waals surface area contributed by atoms with Crippen LogP contribution in [-0.2, 0) is 0 Å². The third-order valence-electron chi connectivity index (χ3n) is 4.27. The van der Waals surface area contributed by atoms with Crippen molar-refractivity contribution in [2.24, 2.45) is 4.99 Å². The van der Waals surface area contributed by atoms with Crippen molar-refractivity contribution in [3.63, 3.8) is 0 Å². The minimum absolute atomic E-state index is 0.0292. The van der Waals surface area contributed by atoms with Gasteiger partial charge in [0.2, 0.25) is 5.95 Å². The number of carbonyl (C=O) groups is 1. The molecule has 1 aromatic heterocycles. The second kappa shape index (κ2) is 6.90. The topological polar surface area (TPSA) is 94.0 Å². The lowest BCUT2D eigenvalue weighted by Gasteiger charge is -2.41. The first-order valence-electron chi connectivity index (χ1n) is 7.96. The van der Waals surface area contributed by atoms with Crippen LogP contribution in [0.15, 0.2) is 28.7 Å². The zero-order valence-electron chi connectivity index (χ0n) is 13.9. The molecule has 0 radical (unpaired) electrons. The molecule has 1 aromatic rings. The van der Waals surface area contributed by atoms with Gasteiger partial charge < -0.3 is 9.80 Å². The van der Waals surface area contributed by atoms with E-state index < -0.39 is 17.8 Å². The van der Waals surface area contributed by atoms with E-state index in [1.807, 2.05) is 0 Å². The standard InChI is InChI=1S/C15H17F3N6O2/c1-2-9-5-19-11-8-23(3-4-24(11)12(9)15(16,17)18)14-20-6-10(7-21-14)13(25)22-26/h6-7,26H,2-5,8H2,1H3,(H,22,25). The van der Waals surface area contributed by atoms with E-state index in [0.29, 0.717) is 12.3 Å². The summed E-state index contributed by atoms with van der Waals surface area (Å²) >= 11 is 0. The summed E-state index contributed by atoms with van der Waals surface area (Å²) in [7, 11) is 0. The Bertz CT molecular complexity index is 760. The number of amides is 1. The first-order valence-corrected chi connectivity index (χ1v) is 7.96. The van der Waals surface area contributed by atoms with E-state index in [9.17, 15) is 18.0 Å². The summed E-state index contributed by atoms with van der Waals surface area (Å²) in [5.74, 6) is -0.146. The second-order valence-electron chi connectivity index (χ2n) is 5.82. The number of hydroxylamine groups is 1. The Hall–Kier alpha value is -2.69. The molecule has 140 valence electrons. The minimum Gasteiger partial charge on any atom is -0.332 e. The maximum Gasteiger partial charge on any atom is 0.431 e. The molecular formula is C15H17F3N6O2. The zero-order valence-corrected chi connectivity index (χ0v) is 13.9. The van der Waals surface area contributed by atoms with Crippen LogP contribution in [0.25, 0.3) is 0 Å². The van der Waals surface area contributed by atoms with Gasteiger partial charge in [-0.25, -0.2) is 15.4 Å². The number of amidine groups is 1. The Kier molecular flexibility index (Phi) is 4.81. The Morgan fingerprint density at radius 2 is 2.00 bits per heavy atom. The Morgan fingerprint density at radius 1 is 1.31 bits per heavy atom. The fourth-order valence-corrected chi connectivity index (χ4v) is 2.98. The Balaban J connectivity index is 1.79. The van der Waals surface area contributed by atoms with Crippen LogP contribution in [0.5, 0.6) is 0 Å². The van der Waals surface area contributed by atoms with Crippen molar-refractivity contribution in [2.45, 2.75) is 19.5 Å². The Morgan fingerprint density at radius 3 is 2.58 bits per heavy atom. The van der Waals surface area contributed by atoms with Crippen LogP contribution in [0.2, 0.25) is 0 Å². The van der Waals surface area contributed by atoms with Crippen molar-refractivity contribution >= 4 is 17.7 Å². The average molecular weight is 370 g/mol. The van der Waals surface area contributed by atoms with Crippen LogP contribution in [0.3, 0.4) is 0 Å².